The van der Waals surface area contributed by atoms with E-state index in [1.54, 1.807) is 35.0 Å². The molecule has 0 aliphatic heterocycles. The van der Waals surface area contributed by atoms with E-state index in [0.29, 0.717) is 51.4 Å². The second-order valence-corrected chi connectivity index (χ2v) is 14.4. The average molecular weight is 720 g/mol. The Morgan fingerprint density at radius 1 is 0.846 bits per heavy atom. The predicted molar refractivity (Wildman–Crippen MR) is 200 cm³/mol. The monoisotopic (exact) mass is 719 g/mol. The molecule has 11 heteroatoms. The summed E-state index contributed by atoms with van der Waals surface area (Å²) in [7, 11) is 3.37. The van der Waals surface area contributed by atoms with Gasteiger partial charge in [0.2, 0.25) is 5.91 Å². The first-order valence-corrected chi connectivity index (χ1v) is 18.2. The SMILES string of the molecule is COCCN(CCOC)CCOc1ccc(C[C@H](C[C@H](O)[C@H](Cc2ccccc2)NC(=O)OC(C)(C)C)C(=O)NC2c3ccccc3C[C@H]2O)cc1. The van der Waals surface area contributed by atoms with E-state index in [-0.39, 0.29) is 12.3 Å². The third kappa shape index (κ3) is 13.2. The normalized spacial score (nSPS) is 17.2. The van der Waals surface area contributed by atoms with Crippen LogP contribution in [0.1, 0.15) is 55.5 Å². The van der Waals surface area contributed by atoms with E-state index in [0.717, 1.165) is 35.3 Å². The zero-order chi connectivity index (χ0) is 37.5. The van der Waals surface area contributed by atoms with Gasteiger partial charge in [-0.25, -0.2) is 4.79 Å². The third-order valence-corrected chi connectivity index (χ3v) is 9.17. The van der Waals surface area contributed by atoms with Gasteiger partial charge in [-0.15, -0.1) is 0 Å². The van der Waals surface area contributed by atoms with Gasteiger partial charge >= 0.3 is 6.09 Å². The molecule has 0 saturated carbocycles. The van der Waals surface area contributed by atoms with Gasteiger partial charge in [-0.3, -0.25) is 9.69 Å². The van der Waals surface area contributed by atoms with Crippen molar-refractivity contribution in [3.05, 3.63) is 101 Å². The molecule has 52 heavy (non-hydrogen) atoms. The summed E-state index contributed by atoms with van der Waals surface area (Å²) in [5, 5.41) is 28.6. The first kappa shape index (κ1) is 40.8. The van der Waals surface area contributed by atoms with Crippen LogP contribution in [-0.4, -0.2) is 105 Å². The summed E-state index contributed by atoms with van der Waals surface area (Å²) in [5.74, 6) is -0.267. The van der Waals surface area contributed by atoms with Crippen molar-refractivity contribution in [1.29, 1.82) is 0 Å². The molecule has 3 aromatic rings. The number of carbonyl (C=O) groups excluding carboxylic acids is 2. The summed E-state index contributed by atoms with van der Waals surface area (Å²) in [6.07, 6.45) is -1.33. The minimum atomic E-state index is -1.09. The molecule has 0 spiro atoms. The highest BCUT2D eigenvalue weighted by Crippen LogP contribution is 2.32. The maximum absolute atomic E-state index is 14.1. The number of methoxy groups -OCH3 is 2. The number of rotatable bonds is 20. The van der Waals surface area contributed by atoms with Crippen molar-refractivity contribution in [2.75, 3.05) is 53.7 Å². The number of aliphatic hydroxyl groups excluding tert-OH is 2. The molecule has 2 amide bonds. The maximum atomic E-state index is 14.1. The molecule has 11 nitrogen and oxygen atoms in total. The van der Waals surface area contributed by atoms with Gasteiger partial charge in [0.1, 0.15) is 18.0 Å². The van der Waals surface area contributed by atoms with Crippen molar-refractivity contribution in [2.24, 2.45) is 5.92 Å². The number of benzene rings is 3. The van der Waals surface area contributed by atoms with Crippen LogP contribution in [0.3, 0.4) is 0 Å². The number of carbonyl (C=O) groups is 2. The minimum absolute atomic E-state index is 0.0562. The van der Waals surface area contributed by atoms with E-state index in [9.17, 15) is 19.8 Å². The largest absolute Gasteiger partial charge is 0.492 e. The van der Waals surface area contributed by atoms with Crippen molar-refractivity contribution in [1.82, 2.24) is 15.5 Å². The van der Waals surface area contributed by atoms with Crippen molar-refractivity contribution < 1.29 is 38.7 Å². The Morgan fingerprint density at radius 3 is 2.12 bits per heavy atom. The molecule has 0 bridgehead atoms. The van der Waals surface area contributed by atoms with Gasteiger partial charge in [0.05, 0.1) is 37.5 Å². The molecule has 0 fully saturated rings. The smallest absolute Gasteiger partial charge is 0.407 e. The van der Waals surface area contributed by atoms with Crippen LogP contribution in [0.4, 0.5) is 4.79 Å². The standard InChI is InChI=1S/C41H57N3O8/c1-41(2,3)52-40(48)42-35(26-29-11-7-6-8-12-29)36(45)28-32(39(47)43-38-34-14-10-9-13-31(34)27-37(38)46)25-30-15-17-33(18-16-30)51-24-21-44(19-22-49-4)20-23-50-5/h6-18,32,35-38,45-46H,19-28H2,1-5H3,(H,42,48)(H,43,47)/t32-,35+,36+,37-,38?/m1/s1. The highest BCUT2D eigenvalue weighted by atomic mass is 16.6. The Balaban J connectivity index is 1.50. The Bertz CT molecular complexity index is 1510. The fourth-order valence-electron chi connectivity index (χ4n) is 6.44. The van der Waals surface area contributed by atoms with Crippen LogP contribution in [0.15, 0.2) is 78.9 Å². The molecule has 5 atom stereocenters. The Labute approximate surface area is 308 Å². The molecule has 0 radical (unpaired) electrons. The van der Waals surface area contributed by atoms with Crippen molar-refractivity contribution >= 4 is 12.0 Å². The van der Waals surface area contributed by atoms with E-state index in [1.807, 2.05) is 78.9 Å². The number of nitrogens with one attached hydrogen (secondary N) is 2. The van der Waals surface area contributed by atoms with Crippen LogP contribution < -0.4 is 15.4 Å². The van der Waals surface area contributed by atoms with Gasteiger partial charge in [0.15, 0.2) is 0 Å². The van der Waals surface area contributed by atoms with Crippen LogP contribution in [-0.2, 0) is 38.3 Å². The van der Waals surface area contributed by atoms with Gasteiger partial charge in [-0.2, -0.15) is 0 Å². The Hall–Kier alpha value is -4.00. The topological polar surface area (TPSA) is 139 Å². The van der Waals surface area contributed by atoms with Crippen molar-refractivity contribution in [3.63, 3.8) is 0 Å². The van der Waals surface area contributed by atoms with Crippen molar-refractivity contribution in [2.45, 2.75) is 76.3 Å². The van der Waals surface area contributed by atoms with Crippen LogP contribution in [0.25, 0.3) is 0 Å². The molecular formula is C41H57N3O8. The Kier molecular flexibility index (Phi) is 15.9. The summed E-state index contributed by atoms with van der Waals surface area (Å²) < 4.78 is 22.0. The van der Waals surface area contributed by atoms with E-state index >= 15 is 0 Å². The maximum Gasteiger partial charge on any atom is 0.407 e. The van der Waals surface area contributed by atoms with Crippen LogP contribution >= 0.6 is 0 Å². The summed E-state index contributed by atoms with van der Waals surface area (Å²) >= 11 is 0. The summed E-state index contributed by atoms with van der Waals surface area (Å²) in [5.41, 5.74) is 2.97. The van der Waals surface area contributed by atoms with E-state index in [2.05, 4.69) is 15.5 Å². The molecule has 1 aliphatic carbocycles. The lowest BCUT2D eigenvalue weighted by atomic mass is 9.88. The number of nitrogens with zero attached hydrogens (tertiary/aromatic N) is 1. The van der Waals surface area contributed by atoms with Gasteiger partial charge in [0, 0.05) is 46.2 Å². The molecule has 0 aromatic heterocycles. The highest BCUT2D eigenvalue weighted by molar-refractivity contribution is 5.80. The predicted octanol–water partition coefficient (Wildman–Crippen LogP) is 4.48. The molecule has 0 heterocycles. The molecule has 4 rings (SSSR count). The summed E-state index contributed by atoms with van der Waals surface area (Å²) in [6.45, 7) is 9.35. The summed E-state index contributed by atoms with van der Waals surface area (Å²) in [4.78, 5) is 29.3. The zero-order valence-electron chi connectivity index (χ0n) is 31.3. The summed E-state index contributed by atoms with van der Waals surface area (Å²) in [6, 6.07) is 23.6. The Morgan fingerprint density at radius 2 is 1.46 bits per heavy atom. The number of fused-ring (bicyclic) bond motifs is 1. The average Bonchev–Trinajstić information content (AvgIpc) is 3.43. The van der Waals surface area contributed by atoms with E-state index < -0.39 is 41.9 Å². The first-order valence-electron chi connectivity index (χ1n) is 18.2. The number of alkyl carbamates (subject to hydrolysis) is 1. The van der Waals surface area contributed by atoms with Gasteiger partial charge in [-0.05, 0) is 74.4 Å². The lowest BCUT2D eigenvalue weighted by Crippen LogP contribution is -2.48. The number of aliphatic hydroxyl groups is 2. The van der Waals surface area contributed by atoms with Crippen LogP contribution in [0.2, 0.25) is 0 Å². The number of hydrogen-bond donors (Lipinski definition) is 4. The second-order valence-electron chi connectivity index (χ2n) is 14.4. The zero-order valence-corrected chi connectivity index (χ0v) is 31.3. The number of hydrogen-bond acceptors (Lipinski definition) is 9. The lowest BCUT2D eigenvalue weighted by molar-refractivity contribution is -0.127. The van der Waals surface area contributed by atoms with E-state index in [1.165, 1.54) is 0 Å². The van der Waals surface area contributed by atoms with Gasteiger partial charge < -0.3 is 39.8 Å². The van der Waals surface area contributed by atoms with E-state index in [4.69, 9.17) is 18.9 Å². The molecule has 1 aliphatic rings. The van der Waals surface area contributed by atoms with Crippen LogP contribution in [0, 0.1) is 5.92 Å². The number of amides is 2. The molecule has 284 valence electrons. The fraction of sp³-hybridized carbons (Fsp3) is 0.512. The second kappa shape index (κ2) is 20.3. The lowest BCUT2D eigenvalue weighted by Gasteiger charge is -2.30. The molecule has 1 unspecified atom stereocenters. The molecule has 3 aromatic carbocycles. The molecule has 0 saturated heterocycles. The number of ether oxygens (including phenoxy) is 4. The minimum Gasteiger partial charge on any atom is -0.492 e. The molecule has 4 N–H and O–H groups in total. The van der Waals surface area contributed by atoms with Crippen molar-refractivity contribution in [3.8, 4) is 5.75 Å². The first-order chi connectivity index (χ1) is 25.0. The van der Waals surface area contributed by atoms with Gasteiger partial charge in [0.25, 0.3) is 0 Å². The third-order valence-electron chi connectivity index (χ3n) is 9.17. The fourth-order valence-corrected chi connectivity index (χ4v) is 6.44. The quantitative estimate of drug-likeness (QED) is 0.133. The highest BCUT2D eigenvalue weighted by Gasteiger charge is 2.35. The molecular weight excluding hydrogens is 662 g/mol. The van der Waals surface area contributed by atoms with Crippen LogP contribution in [0.5, 0.6) is 5.75 Å². The van der Waals surface area contributed by atoms with Gasteiger partial charge in [-0.1, -0.05) is 66.7 Å².